The molecule has 3 heteroatoms. The fourth-order valence-electron chi connectivity index (χ4n) is 1.64. The van der Waals surface area contributed by atoms with Gasteiger partial charge in [0.15, 0.2) is 11.5 Å². The molecule has 2 N–H and O–H groups in total. The highest BCUT2D eigenvalue weighted by atomic mass is 16.5. The van der Waals surface area contributed by atoms with Gasteiger partial charge in [-0.15, -0.1) is 0 Å². The summed E-state index contributed by atoms with van der Waals surface area (Å²) in [6, 6.07) is 3.85. The number of aromatic hydroxyl groups is 1. The van der Waals surface area contributed by atoms with Crippen LogP contribution in [0, 0.1) is 0 Å². The molecule has 0 amide bonds. The number of aliphatic hydroxyl groups is 1. The average Bonchev–Trinajstić information content (AvgIpc) is 2.27. The minimum absolute atomic E-state index is 0.133. The fraction of sp³-hybridized carbons (Fsp3) is 0.538. The quantitative estimate of drug-likeness (QED) is 0.807. The number of hydrogen-bond acceptors (Lipinski definition) is 3. The molecule has 0 fully saturated rings. The summed E-state index contributed by atoms with van der Waals surface area (Å²) in [5.41, 5.74) is 1.99. The molecular formula is C13H20O3. The van der Waals surface area contributed by atoms with E-state index >= 15 is 0 Å². The molecule has 0 aliphatic heterocycles. The van der Waals surface area contributed by atoms with E-state index in [1.54, 1.807) is 7.11 Å². The maximum atomic E-state index is 9.92. The molecule has 0 aromatic heterocycles. The molecule has 0 aliphatic carbocycles. The first-order valence-corrected chi connectivity index (χ1v) is 5.60. The average molecular weight is 224 g/mol. The van der Waals surface area contributed by atoms with E-state index in [0.717, 1.165) is 11.1 Å². The number of hydrogen-bond donors (Lipinski definition) is 2. The van der Waals surface area contributed by atoms with Crippen LogP contribution in [0.2, 0.25) is 0 Å². The third kappa shape index (κ3) is 2.89. The number of benzene rings is 1. The van der Waals surface area contributed by atoms with Crippen molar-refractivity contribution < 1.29 is 14.9 Å². The summed E-state index contributed by atoms with van der Waals surface area (Å²) < 4.78 is 5.14. The lowest BCUT2D eigenvalue weighted by atomic mass is 9.97. The number of rotatable bonds is 5. The normalized spacial score (nSPS) is 10.8. The van der Waals surface area contributed by atoms with E-state index in [1.165, 1.54) is 0 Å². The zero-order chi connectivity index (χ0) is 12.1. The highest BCUT2D eigenvalue weighted by Gasteiger charge is 2.11. The van der Waals surface area contributed by atoms with Gasteiger partial charge in [0, 0.05) is 6.61 Å². The Balaban J connectivity index is 3.08. The maximum Gasteiger partial charge on any atom is 0.161 e. The lowest BCUT2D eigenvalue weighted by molar-refractivity contribution is 0.287. The summed E-state index contributed by atoms with van der Waals surface area (Å²) in [5, 5.41) is 18.7. The van der Waals surface area contributed by atoms with Crippen LogP contribution in [0.15, 0.2) is 12.1 Å². The summed E-state index contributed by atoms with van der Waals surface area (Å²) in [4.78, 5) is 0. The topological polar surface area (TPSA) is 49.7 Å². The Hall–Kier alpha value is -1.22. The van der Waals surface area contributed by atoms with Crippen molar-refractivity contribution in [2.75, 3.05) is 13.7 Å². The van der Waals surface area contributed by atoms with Crippen LogP contribution < -0.4 is 4.74 Å². The van der Waals surface area contributed by atoms with E-state index in [-0.39, 0.29) is 12.4 Å². The summed E-state index contributed by atoms with van der Waals surface area (Å²) >= 11 is 0. The lowest BCUT2D eigenvalue weighted by Crippen LogP contribution is -1.97. The predicted octanol–water partition coefficient (Wildman–Crippen LogP) is 2.45. The number of aliphatic hydroxyl groups excluding tert-OH is 1. The van der Waals surface area contributed by atoms with Gasteiger partial charge in [-0.25, -0.2) is 0 Å². The van der Waals surface area contributed by atoms with Crippen molar-refractivity contribution in [3.63, 3.8) is 0 Å². The Morgan fingerprint density at radius 2 is 2.00 bits per heavy atom. The first kappa shape index (κ1) is 12.8. The van der Waals surface area contributed by atoms with Crippen LogP contribution in [0.4, 0.5) is 0 Å². The second-order valence-electron chi connectivity index (χ2n) is 4.21. The number of phenols is 1. The van der Waals surface area contributed by atoms with E-state index < -0.39 is 0 Å². The second kappa shape index (κ2) is 5.75. The highest BCUT2D eigenvalue weighted by molar-refractivity contribution is 5.49. The Labute approximate surface area is 96.7 Å². The van der Waals surface area contributed by atoms with Crippen molar-refractivity contribution in [3.8, 4) is 11.5 Å². The maximum absolute atomic E-state index is 9.92. The van der Waals surface area contributed by atoms with Crippen molar-refractivity contribution in [2.24, 2.45) is 0 Å². The molecule has 90 valence electrons. The van der Waals surface area contributed by atoms with Gasteiger partial charge in [-0.1, -0.05) is 19.9 Å². The Bertz CT molecular complexity index is 345. The van der Waals surface area contributed by atoms with Crippen molar-refractivity contribution >= 4 is 0 Å². The Morgan fingerprint density at radius 3 is 2.50 bits per heavy atom. The van der Waals surface area contributed by atoms with Crippen LogP contribution in [0.1, 0.15) is 37.3 Å². The van der Waals surface area contributed by atoms with E-state index in [1.807, 2.05) is 12.1 Å². The van der Waals surface area contributed by atoms with Gasteiger partial charge in [-0.3, -0.25) is 0 Å². The number of aryl methyl sites for hydroxylation is 1. The van der Waals surface area contributed by atoms with Gasteiger partial charge in [-0.05, 0) is 36.0 Å². The van der Waals surface area contributed by atoms with E-state index in [0.29, 0.717) is 24.5 Å². The summed E-state index contributed by atoms with van der Waals surface area (Å²) in [6.07, 6.45) is 1.32. The largest absolute Gasteiger partial charge is 0.504 e. The minimum Gasteiger partial charge on any atom is -0.504 e. The molecule has 0 spiro atoms. The smallest absolute Gasteiger partial charge is 0.161 e. The fourth-order valence-corrected chi connectivity index (χ4v) is 1.64. The van der Waals surface area contributed by atoms with Gasteiger partial charge in [0.1, 0.15) is 0 Å². The predicted molar refractivity (Wildman–Crippen MR) is 64.2 cm³/mol. The third-order valence-electron chi connectivity index (χ3n) is 2.67. The highest BCUT2D eigenvalue weighted by Crippen LogP contribution is 2.34. The van der Waals surface area contributed by atoms with Gasteiger partial charge in [0.2, 0.25) is 0 Å². The monoisotopic (exact) mass is 224 g/mol. The van der Waals surface area contributed by atoms with Crippen molar-refractivity contribution in [1.29, 1.82) is 0 Å². The first-order valence-electron chi connectivity index (χ1n) is 5.60. The first-order chi connectivity index (χ1) is 7.60. The SMILES string of the molecule is COc1cc(C(C)C)cc(CCCO)c1O. The Kier molecular flexibility index (Phi) is 4.62. The molecule has 0 aliphatic rings. The second-order valence-corrected chi connectivity index (χ2v) is 4.21. The zero-order valence-corrected chi connectivity index (χ0v) is 10.2. The third-order valence-corrected chi connectivity index (χ3v) is 2.67. The van der Waals surface area contributed by atoms with Gasteiger partial charge < -0.3 is 14.9 Å². The molecular weight excluding hydrogens is 204 g/mol. The van der Waals surface area contributed by atoms with Gasteiger partial charge in [0.05, 0.1) is 7.11 Å². The van der Waals surface area contributed by atoms with E-state index in [9.17, 15) is 5.11 Å². The summed E-state index contributed by atoms with van der Waals surface area (Å²) in [5.74, 6) is 1.10. The van der Waals surface area contributed by atoms with Crippen molar-refractivity contribution in [3.05, 3.63) is 23.3 Å². The molecule has 0 saturated carbocycles. The molecule has 0 radical (unpaired) electrons. The molecule has 0 bridgehead atoms. The van der Waals surface area contributed by atoms with Gasteiger partial charge in [-0.2, -0.15) is 0 Å². The molecule has 0 atom stereocenters. The summed E-state index contributed by atoms with van der Waals surface area (Å²) in [7, 11) is 1.55. The molecule has 3 nitrogen and oxygen atoms in total. The Morgan fingerprint density at radius 1 is 1.31 bits per heavy atom. The lowest BCUT2D eigenvalue weighted by Gasteiger charge is -2.13. The molecule has 0 saturated heterocycles. The van der Waals surface area contributed by atoms with Crippen LogP contribution in [0.3, 0.4) is 0 Å². The van der Waals surface area contributed by atoms with Crippen molar-refractivity contribution in [2.45, 2.75) is 32.6 Å². The standard InChI is InChI=1S/C13H20O3/c1-9(2)11-7-10(5-4-6-14)13(15)12(8-11)16-3/h7-9,14-15H,4-6H2,1-3H3. The summed E-state index contributed by atoms with van der Waals surface area (Å²) in [6.45, 7) is 4.33. The minimum atomic E-state index is 0.133. The van der Waals surface area contributed by atoms with Crippen LogP contribution in [0.25, 0.3) is 0 Å². The van der Waals surface area contributed by atoms with Crippen LogP contribution in [-0.2, 0) is 6.42 Å². The zero-order valence-electron chi connectivity index (χ0n) is 10.2. The van der Waals surface area contributed by atoms with Crippen molar-refractivity contribution in [1.82, 2.24) is 0 Å². The van der Waals surface area contributed by atoms with E-state index in [4.69, 9.17) is 9.84 Å². The number of phenolic OH excluding ortho intramolecular Hbond substituents is 1. The number of methoxy groups -OCH3 is 1. The van der Waals surface area contributed by atoms with Gasteiger partial charge >= 0.3 is 0 Å². The number of ether oxygens (including phenoxy) is 1. The molecule has 0 heterocycles. The van der Waals surface area contributed by atoms with Gasteiger partial charge in [0.25, 0.3) is 0 Å². The molecule has 1 rings (SSSR count). The van der Waals surface area contributed by atoms with Crippen LogP contribution in [0.5, 0.6) is 11.5 Å². The van der Waals surface area contributed by atoms with Crippen LogP contribution in [-0.4, -0.2) is 23.9 Å². The molecule has 1 aromatic rings. The van der Waals surface area contributed by atoms with E-state index in [2.05, 4.69) is 13.8 Å². The van der Waals surface area contributed by atoms with Crippen LogP contribution >= 0.6 is 0 Å². The molecule has 16 heavy (non-hydrogen) atoms. The molecule has 1 aromatic carbocycles. The molecule has 0 unspecified atom stereocenters.